The molecular weight excluding hydrogens is 214 g/mol. The van der Waals surface area contributed by atoms with E-state index in [1.54, 1.807) is 0 Å². The van der Waals surface area contributed by atoms with Gasteiger partial charge in [0.25, 0.3) is 5.91 Å². The summed E-state index contributed by atoms with van der Waals surface area (Å²) in [5.41, 5.74) is 7.61. The fourth-order valence-corrected chi connectivity index (χ4v) is 2.31. The highest BCUT2D eigenvalue weighted by atomic mass is 16.2. The van der Waals surface area contributed by atoms with Crippen molar-refractivity contribution in [2.45, 2.75) is 25.8 Å². The number of amides is 1. The van der Waals surface area contributed by atoms with Gasteiger partial charge in [-0.3, -0.25) is 4.79 Å². The third-order valence-corrected chi connectivity index (χ3v) is 3.82. The van der Waals surface area contributed by atoms with E-state index in [2.05, 4.69) is 0 Å². The summed E-state index contributed by atoms with van der Waals surface area (Å²) in [6, 6.07) is 4.04. The Labute approximate surface area is 102 Å². The van der Waals surface area contributed by atoms with Gasteiger partial charge in [-0.25, -0.2) is 0 Å². The van der Waals surface area contributed by atoms with Gasteiger partial charge in [-0.2, -0.15) is 0 Å². The summed E-state index contributed by atoms with van der Waals surface area (Å²) in [4.78, 5) is 14.2. The summed E-state index contributed by atoms with van der Waals surface area (Å²) in [6.07, 6.45) is 2.40. The van der Waals surface area contributed by atoms with Gasteiger partial charge < -0.3 is 15.2 Å². The Morgan fingerprint density at radius 2 is 2.24 bits per heavy atom. The van der Waals surface area contributed by atoms with Crippen LogP contribution in [0.1, 0.15) is 29.0 Å². The molecule has 4 heteroatoms. The summed E-state index contributed by atoms with van der Waals surface area (Å²) < 4.78 is 1.93. The number of rotatable bonds is 4. The zero-order valence-corrected chi connectivity index (χ0v) is 10.8. The summed E-state index contributed by atoms with van der Waals surface area (Å²) in [5, 5.41) is 0. The molecule has 17 heavy (non-hydrogen) atoms. The number of aryl methyl sites for hydroxylation is 1. The lowest BCUT2D eigenvalue weighted by molar-refractivity contribution is 0.0709. The molecule has 1 aromatic rings. The minimum Gasteiger partial charge on any atom is -0.344 e. The van der Waals surface area contributed by atoms with E-state index in [4.69, 9.17) is 5.73 Å². The van der Waals surface area contributed by atoms with Crippen molar-refractivity contribution in [3.05, 3.63) is 23.5 Å². The van der Waals surface area contributed by atoms with Crippen molar-refractivity contribution in [1.29, 1.82) is 0 Å². The summed E-state index contributed by atoms with van der Waals surface area (Å²) in [6.45, 7) is 2.55. The first-order valence-corrected chi connectivity index (χ1v) is 6.15. The molecule has 0 aromatic carbocycles. The van der Waals surface area contributed by atoms with Crippen LogP contribution in [-0.4, -0.2) is 35.0 Å². The van der Waals surface area contributed by atoms with E-state index < -0.39 is 0 Å². The molecule has 0 spiro atoms. The molecule has 1 aliphatic rings. The van der Waals surface area contributed by atoms with Crippen molar-refractivity contribution in [1.82, 2.24) is 9.47 Å². The molecule has 1 fully saturated rings. The van der Waals surface area contributed by atoms with Crippen LogP contribution >= 0.6 is 0 Å². The highest BCUT2D eigenvalue weighted by molar-refractivity contribution is 5.93. The second-order valence-corrected chi connectivity index (χ2v) is 4.98. The van der Waals surface area contributed by atoms with Gasteiger partial charge in [0.1, 0.15) is 5.69 Å². The van der Waals surface area contributed by atoms with Crippen LogP contribution in [-0.2, 0) is 7.05 Å². The van der Waals surface area contributed by atoms with Gasteiger partial charge in [-0.05, 0) is 37.8 Å². The van der Waals surface area contributed by atoms with Gasteiger partial charge in [-0.15, -0.1) is 0 Å². The van der Waals surface area contributed by atoms with E-state index in [0.29, 0.717) is 12.5 Å². The molecule has 2 N–H and O–H groups in total. The molecule has 1 aromatic heterocycles. The zero-order chi connectivity index (χ0) is 12.6. The molecule has 0 bridgehead atoms. The van der Waals surface area contributed by atoms with Crippen LogP contribution in [0.15, 0.2) is 12.1 Å². The van der Waals surface area contributed by atoms with E-state index >= 15 is 0 Å². The van der Waals surface area contributed by atoms with Crippen LogP contribution in [0.5, 0.6) is 0 Å². The lowest BCUT2D eigenvalue weighted by Crippen LogP contribution is -2.43. The van der Waals surface area contributed by atoms with E-state index in [1.165, 1.54) is 12.8 Å². The average Bonchev–Trinajstić information content (AvgIpc) is 3.08. The first-order valence-electron chi connectivity index (χ1n) is 6.15. The Kier molecular flexibility index (Phi) is 3.24. The van der Waals surface area contributed by atoms with Crippen molar-refractivity contribution < 1.29 is 4.79 Å². The largest absolute Gasteiger partial charge is 0.344 e. The summed E-state index contributed by atoms with van der Waals surface area (Å²) in [7, 11) is 3.78. The normalized spacial score (nSPS) is 16.9. The molecule has 1 heterocycles. The topological polar surface area (TPSA) is 51.3 Å². The Hall–Kier alpha value is -1.29. The summed E-state index contributed by atoms with van der Waals surface area (Å²) in [5.74, 6) is 0.679. The standard InChI is InChI=1S/C13H21N3O/c1-9-4-7-11(15(9)2)13(17)16(3)12(8-14)10-5-6-10/h4,7,10,12H,5-6,8,14H2,1-3H3. The van der Waals surface area contributed by atoms with E-state index in [0.717, 1.165) is 11.4 Å². The maximum absolute atomic E-state index is 12.4. The van der Waals surface area contributed by atoms with Gasteiger partial charge in [0.2, 0.25) is 0 Å². The van der Waals surface area contributed by atoms with Crippen LogP contribution in [0, 0.1) is 12.8 Å². The number of hydrogen-bond acceptors (Lipinski definition) is 2. The monoisotopic (exact) mass is 235 g/mol. The fourth-order valence-electron chi connectivity index (χ4n) is 2.31. The van der Waals surface area contributed by atoms with Crippen LogP contribution < -0.4 is 5.73 Å². The maximum atomic E-state index is 12.4. The molecule has 1 saturated carbocycles. The predicted molar refractivity (Wildman–Crippen MR) is 67.8 cm³/mol. The number of hydrogen-bond donors (Lipinski definition) is 1. The second kappa shape index (κ2) is 4.53. The van der Waals surface area contributed by atoms with Crippen LogP contribution in [0.3, 0.4) is 0 Å². The van der Waals surface area contributed by atoms with E-state index in [9.17, 15) is 4.79 Å². The second-order valence-electron chi connectivity index (χ2n) is 4.98. The molecule has 1 amide bonds. The van der Waals surface area contributed by atoms with E-state index in [-0.39, 0.29) is 11.9 Å². The number of nitrogens with zero attached hydrogens (tertiary/aromatic N) is 2. The van der Waals surface area contributed by atoms with Crippen LogP contribution in [0.4, 0.5) is 0 Å². The maximum Gasteiger partial charge on any atom is 0.270 e. The number of carbonyl (C=O) groups excluding carboxylic acids is 1. The molecule has 0 aliphatic heterocycles. The first kappa shape index (κ1) is 12.2. The minimum absolute atomic E-state index is 0.0722. The molecule has 0 radical (unpaired) electrons. The SMILES string of the molecule is Cc1ccc(C(=O)N(C)C(CN)C2CC2)n1C. The van der Waals surface area contributed by atoms with Gasteiger partial charge in [0.15, 0.2) is 0 Å². The summed E-state index contributed by atoms with van der Waals surface area (Å²) >= 11 is 0. The third-order valence-electron chi connectivity index (χ3n) is 3.82. The van der Waals surface area contributed by atoms with Gasteiger partial charge in [0, 0.05) is 32.4 Å². The van der Waals surface area contributed by atoms with Crippen LogP contribution in [0.25, 0.3) is 0 Å². The predicted octanol–water partition coefficient (Wildman–Crippen LogP) is 1.14. The molecular formula is C13H21N3O. The molecule has 1 aliphatic carbocycles. The number of carbonyl (C=O) groups is 1. The van der Waals surface area contributed by atoms with Crippen molar-refractivity contribution >= 4 is 5.91 Å². The minimum atomic E-state index is 0.0722. The quantitative estimate of drug-likeness (QED) is 0.851. The fraction of sp³-hybridized carbons (Fsp3) is 0.615. The lowest BCUT2D eigenvalue weighted by atomic mass is 10.1. The van der Waals surface area contributed by atoms with Crippen molar-refractivity contribution in [2.75, 3.05) is 13.6 Å². The average molecular weight is 235 g/mol. The third kappa shape index (κ3) is 2.22. The Morgan fingerprint density at radius 1 is 1.59 bits per heavy atom. The highest BCUT2D eigenvalue weighted by Gasteiger charge is 2.35. The smallest absolute Gasteiger partial charge is 0.270 e. The van der Waals surface area contributed by atoms with Gasteiger partial charge in [0.05, 0.1) is 0 Å². The number of nitrogens with two attached hydrogens (primary N) is 1. The Morgan fingerprint density at radius 3 is 2.65 bits per heavy atom. The van der Waals surface area contributed by atoms with Crippen LogP contribution in [0.2, 0.25) is 0 Å². The Balaban J connectivity index is 2.16. The molecule has 1 atom stereocenters. The van der Waals surface area contributed by atoms with Crippen molar-refractivity contribution in [3.8, 4) is 0 Å². The van der Waals surface area contributed by atoms with Gasteiger partial charge >= 0.3 is 0 Å². The van der Waals surface area contributed by atoms with Gasteiger partial charge in [-0.1, -0.05) is 0 Å². The highest BCUT2D eigenvalue weighted by Crippen LogP contribution is 2.34. The van der Waals surface area contributed by atoms with Crippen molar-refractivity contribution in [3.63, 3.8) is 0 Å². The molecule has 1 unspecified atom stereocenters. The molecule has 4 nitrogen and oxygen atoms in total. The zero-order valence-electron chi connectivity index (χ0n) is 10.8. The lowest BCUT2D eigenvalue weighted by Gasteiger charge is -2.27. The first-order chi connectivity index (χ1) is 8.06. The number of likely N-dealkylation sites (N-methyl/N-ethyl adjacent to an activating group) is 1. The van der Waals surface area contributed by atoms with Crippen molar-refractivity contribution in [2.24, 2.45) is 18.7 Å². The molecule has 2 rings (SSSR count). The van der Waals surface area contributed by atoms with E-state index in [1.807, 2.05) is 42.6 Å². The number of aromatic nitrogens is 1. The molecule has 94 valence electrons. The molecule has 0 saturated heterocycles. The Bertz CT molecular complexity index is 420.